The second-order valence-corrected chi connectivity index (χ2v) is 10.9. The Bertz CT molecular complexity index is 1390. The van der Waals surface area contributed by atoms with Crippen LogP contribution in [0.2, 0.25) is 0 Å². The van der Waals surface area contributed by atoms with Gasteiger partial charge in [-0.25, -0.2) is 0 Å². The van der Waals surface area contributed by atoms with Gasteiger partial charge in [0.2, 0.25) is 0 Å². The number of allylic oxidation sites excluding steroid dienone is 1. The van der Waals surface area contributed by atoms with Gasteiger partial charge in [0.1, 0.15) is 0 Å². The summed E-state index contributed by atoms with van der Waals surface area (Å²) < 4.78 is 20.0. The van der Waals surface area contributed by atoms with Crippen LogP contribution in [0, 0.1) is 11.3 Å². The third-order valence-electron chi connectivity index (χ3n) is 7.17. The van der Waals surface area contributed by atoms with Crippen LogP contribution < -0.4 is 0 Å². The number of hydrogen-bond donors (Lipinski definition) is 1. The van der Waals surface area contributed by atoms with Gasteiger partial charge in [0.25, 0.3) is 0 Å². The zero-order valence-electron chi connectivity index (χ0n) is 29.8. The molecule has 0 bridgehead atoms. The molecule has 3 rings (SSSR count). The van der Waals surface area contributed by atoms with Crippen molar-refractivity contribution < 1.29 is 43.2 Å². The molecule has 0 spiro atoms. The van der Waals surface area contributed by atoms with Crippen molar-refractivity contribution in [3.05, 3.63) is 133 Å². The fraction of sp³-hybridized carbons (Fsp3) is 0.366. The molecule has 0 aliphatic heterocycles. The Morgan fingerprint density at radius 1 is 0.640 bits per heavy atom. The Hall–Kier alpha value is -5.02. The van der Waals surface area contributed by atoms with Crippen LogP contribution in [0.4, 0.5) is 0 Å². The average Bonchev–Trinajstić information content (AvgIpc) is 3.12. The van der Waals surface area contributed by atoms with Gasteiger partial charge in [-0.2, -0.15) is 0 Å². The largest absolute Gasteiger partial charge is 0.465 e. The van der Waals surface area contributed by atoms with Crippen LogP contribution in [0.3, 0.4) is 0 Å². The highest BCUT2D eigenvalue weighted by atomic mass is 16.6. The van der Waals surface area contributed by atoms with Gasteiger partial charge in [-0.15, -0.1) is 13.2 Å². The molecule has 0 saturated heterocycles. The summed E-state index contributed by atoms with van der Waals surface area (Å²) in [6, 6.07) is 28.3. The Balaban J connectivity index is 0.000000392. The molecule has 9 heteroatoms. The van der Waals surface area contributed by atoms with Crippen LogP contribution in [-0.2, 0) is 51.0 Å². The minimum Gasteiger partial charge on any atom is -0.465 e. The van der Waals surface area contributed by atoms with Gasteiger partial charge in [-0.1, -0.05) is 103 Å². The van der Waals surface area contributed by atoms with E-state index < -0.39 is 41.3 Å². The van der Waals surface area contributed by atoms with Crippen LogP contribution >= 0.6 is 0 Å². The van der Waals surface area contributed by atoms with Gasteiger partial charge in [-0.3, -0.25) is 19.2 Å². The van der Waals surface area contributed by atoms with E-state index in [0.29, 0.717) is 12.8 Å². The monoisotopic (exact) mass is 688 g/mol. The maximum atomic E-state index is 12.4. The minimum atomic E-state index is -1.37. The number of hydrogen-bond acceptors (Lipinski definition) is 9. The summed E-state index contributed by atoms with van der Waals surface area (Å²) in [6.45, 7) is 15.0. The minimum absolute atomic E-state index is 0.180. The van der Waals surface area contributed by atoms with E-state index in [1.165, 1.54) is 0 Å². The number of aliphatic hydroxyl groups is 1. The first kappa shape index (κ1) is 43.0. The van der Waals surface area contributed by atoms with Crippen molar-refractivity contribution in [3.8, 4) is 0 Å². The third kappa shape index (κ3) is 15.0. The van der Waals surface area contributed by atoms with Crippen LogP contribution in [0.25, 0.3) is 0 Å². The highest BCUT2D eigenvalue weighted by Gasteiger charge is 2.48. The van der Waals surface area contributed by atoms with Crippen molar-refractivity contribution in [2.24, 2.45) is 11.3 Å². The molecule has 0 aliphatic carbocycles. The SMILES string of the molecule is C=CCC(Cc1ccccc1)(C(=O)OCC)C(=O)OCC.C=CCC(O)c1ccccc1.CCOC(=O)C(Cc1ccccc1)C(=O)OCC. The Morgan fingerprint density at radius 3 is 1.46 bits per heavy atom. The van der Waals surface area contributed by atoms with Crippen LogP contribution in [0.1, 0.15) is 63.3 Å². The van der Waals surface area contributed by atoms with Crippen LogP contribution in [0.15, 0.2) is 116 Å². The smallest absolute Gasteiger partial charge is 0.324 e. The summed E-state index contributed by atoms with van der Waals surface area (Å²) in [5, 5.41) is 9.45. The van der Waals surface area contributed by atoms with E-state index in [4.69, 9.17) is 18.9 Å². The maximum absolute atomic E-state index is 12.4. The molecule has 0 aromatic heterocycles. The van der Waals surface area contributed by atoms with Crippen LogP contribution in [0.5, 0.6) is 0 Å². The zero-order chi connectivity index (χ0) is 37.2. The van der Waals surface area contributed by atoms with E-state index in [1.54, 1.807) is 39.8 Å². The molecule has 0 fully saturated rings. The van der Waals surface area contributed by atoms with E-state index in [1.807, 2.05) is 91.0 Å². The molecule has 3 aromatic carbocycles. The normalized spacial score (nSPS) is 10.9. The van der Waals surface area contributed by atoms with Crippen molar-refractivity contribution in [2.45, 2.75) is 59.5 Å². The van der Waals surface area contributed by atoms with Crippen molar-refractivity contribution in [2.75, 3.05) is 26.4 Å². The van der Waals surface area contributed by atoms with E-state index in [0.717, 1.165) is 16.7 Å². The molecule has 1 N–H and O–H groups in total. The van der Waals surface area contributed by atoms with Crippen molar-refractivity contribution in [1.29, 1.82) is 0 Å². The van der Waals surface area contributed by atoms with Gasteiger partial charge >= 0.3 is 23.9 Å². The predicted molar refractivity (Wildman–Crippen MR) is 194 cm³/mol. The average molecular weight is 689 g/mol. The zero-order valence-corrected chi connectivity index (χ0v) is 29.8. The van der Waals surface area contributed by atoms with E-state index >= 15 is 0 Å². The maximum Gasteiger partial charge on any atom is 0.324 e. The van der Waals surface area contributed by atoms with E-state index in [-0.39, 0.29) is 39.3 Å². The number of rotatable bonds is 17. The molecule has 1 atom stereocenters. The molecule has 0 amide bonds. The summed E-state index contributed by atoms with van der Waals surface area (Å²) in [5.41, 5.74) is 1.37. The molecule has 0 radical (unpaired) electrons. The lowest BCUT2D eigenvalue weighted by Crippen LogP contribution is -2.43. The molecule has 1 unspecified atom stereocenters. The lowest BCUT2D eigenvalue weighted by atomic mass is 9.78. The summed E-state index contributed by atoms with van der Waals surface area (Å²) in [4.78, 5) is 48.3. The molecule has 9 nitrogen and oxygen atoms in total. The second-order valence-electron chi connectivity index (χ2n) is 10.9. The molecular formula is C41H52O9. The molecular weight excluding hydrogens is 636 g/mol. The summed E-state index contributed by atoms with van der Waals surface area (Å²) in [7, 11) is 0. The van der Waals surface area contributed by atoms with Crippen molar-refractivity contribution >= 4 is 23.9 Å². The first-order valence-corrected chi connectivity index (χ1v) is 16.8. The topological polar surface area (TPSA) is 125 Å². The van der Waals surface area contributed by atoms with Gasteiger partial charge in [0, 0.05) is 0 Å². The number of esters is 4. The molecule has 0 aliphatic rings. The number of ether oxygens (including phenoxy) is 4. The highest BCUT2D eigenvalue weighted by molar-refractivity contribution is 6.00. The molecule has 0 saturated carbocycles. The number of carbonyl (C=O) groups is 4. The molecule has 3 aromatic rings. The third-order valence-corrected chi connectivity index (χ3v) is 7.17. The Kier molecular flexibility index (Phi) is 21.5. The van der Waals surface area contributed by atoms with Gasteiger partial charge in [-0.05, 0) is 70.1 Å². The fourth-order valence-corrected chi connectivity index (χ4v) is 4.76. The molecule has 0 heterocycles. The van der Waals surface area contributed by atoms with E-state index in [2.05, 4.69) is 13.2 Å². The Morgan fingerprint density at radius 2 is 1.06 bits per heavy atom. The lowest BCUT2D eigenvalue weighted by Gasteiger charge is -2.28. The highest BCUT2D eigenvalue weighted by Crippen LogP contribution is 2.32. The van der Waals surface area contributed by atoms with Gasteiger partial charge < -0.3 is 24.1 Å². The first-order chi connectivity index (χ1) is 24.1. The van der Waals surface area contributed by atoms with Gasteiger partial charge in [0.05, 0.1) is 32.5 Å². The van der Waals surface area contributed by atoms with Crippen molar-refractivity contribution in [1.82, 2.24) is 0 Å². The predicted octanol–water partition coefficient (Wildman–Crippen LogP) is 7.19. The van der Waals surface area contributed by atoms with Crippen LogP contribution in [-0.4, -0.2) is 55.4 Å². The Labute approximate surface area is 296 Å². The second kappa shape index (κ2) is 25.0. The number of benzene rings is 3. The summed E-state index contributed by atoms with van der Waals surface area (Å²) >= 11 is 0. The van der Waals surface area contributed by atoms with E-state index in [9.17, 15) is 24.3 Å². The number of carbonyl (C=O) groups excluding carboxylic acids is 4. The number of aliphatic hydroxyl groups excluding tert-OH is 1. The quantitative estimate of drug-likeness (QED) is 0.0679. The first-order valence-electron chi connectivity index (χ1n) is 16.8. The lowest BCUT2D eigenvalue weighted by molar-refractivity contribution is -0.172. The molecule has 50 heavy (non-hydrogen) atoms. The summed E-state index contributed by atoms with van der Waals surface area (Å²) in [5.74, 6) is -3.06. The van der Waals surface area contributed by atoms with Gasteiger partial charge in [0.15, 0.2) is 11.3 Å². The molecule has 270 valence electrons. The van der Waals surface area contributed by atoms with Crippen molar-refractivity contribution in [3.63, 3.8) is 0 Å². The standard InChI is InChI=1S/C17H22O4.C14H18O4.C10H12O/c1-4-12-17(15(18)20-5-2,16(19)21-6-3)13-14-10-8-7-9-11-14;1-3-17-13(15)12(14(16)18-4-2)10-11-8-6-5-7-9-11;1-2-6-10(11)9-7-4-3-5-8-9/h4,7-11H,1,5-6,12-13H2,2-3H3;5-9,12H,3-4,10H2,1-2H3;2-5,7-8,10-11H,1,6H2. The summed E-state index contributed by atoms with van der Waals surface area (Å²) in [6.07, 6.45) is 4.21. The fourth-order valence-electron chi connectivity index (χ4n) is 4.76.